The maximum atomic E-state index is 9.69. The maximum Gasteiger partial charge on any atom is 0.119 e. The Bertz CT molecular complexity index is 372. The third kappa shape index (κ3) is 1.72. The highest BCUT2D eigenvalue weighted by atomic mass is 35.5. The lowest BCUT2D eigenvalue weighted by Gasteiger charge is -2.13. The molecule has 0 bridgehead atoms. The Kier molecular flexibility index (Phi) is 2.20. The molecular weight excluding hydrogens is 198 g/mol. The second-order valence-corrected chi connectivity index (χ2v) is 4.62. The first-order valence-electron chi connectivity index (χ1n) is 4.78. The van der Waals surface area contributed by atoms with Crippen molar-refractivity contribution >= 4 is 11.6 Å². The molecule has 0 atom stereocenters. The van der Waals surface area contributed by atoms with E-state index in [-0.39, 0.29) is 5.54 Å². The molecule has 0 heterocycles. The number of rotatable bonds is 2. The predicted molar refractivity (Wildman–Crippen MR) is 57.7 cm³/mol. The van der Waals surface area contributed by atoms with E-state index >= 15 is 0 Å². The van der Waals surface area contributed by atoms with E-state index < -0.39 is 0 Å². The van der Waals surface area contributed by atoms with Crippen LogP contribution < -0.4 is 5.73 Å². The molecule has 0 amide bonds. The number of phenolic OH excluding ortho intramolecular Hbond substituents is 1. The van der Waals surface area contributed by atoms with E-state index in [4.69, 9.17) is 17.3 Å². The van der Waals surface area contributed by atoms with Gasteiger partial charge in [0.15, 0.2) is 0 Å². The molecule has 2 nitrogen and oxygen atoms in total. The van der Waals surface area contributed by atoms with Crippen LogP contribution >= 0.6 is 11.6 Å². The lowest BCUT2D eigenvalue weighted by Crippen LogP contribution is -2.25. The minimum absolute atomic E-state index is 0.0904. The molecule has 1 aromatic carbocycles. The number of hydrogen-bond donors (Lipinski definition) is 2. The van der Waals surface area contributed by atoms with Gasteiger partial charge in [-0.15, -0.1) is 0 Å². The fourth-order valence-electron chi connectivity index (χ4n) is 1.63. The maximum absolute atomic E-state index is 9.69. The Balaban J connectivity index is 2.35. The average Bonchev–Trinajstić information content (AvgIpc) is 2.86. The van der Waals surface area contributed by atoms with Crippen LogP contribution in [0, 0.1) is 6.92 Å². The Morgan fingerprint density at radius 2 is 2.14 bits per heavy atom. The van der Waals surface area contributed by atoms with Crippen LogP contribution in [0.2, 0.25) is 5.02 Å². The minimum atomic E-state index is -0.0904. The molecule has 0 saturated heterocycles. The molecule has 76 valence electrons. The van der Waals surface area contributed by atoms with Crippen molar-refractivity contribution in [2.75, 3.05) is 0 Å². The topological polar surface area (TPSA) is 46.2 Å². The largest absolute Gasteiger partial charge is 0.508 e. The van der Waals surface area contributed by atoms with E-state index in [9.17, 15) is 5.11 Å². The van der Waals surface area contributed by atoms with Gasteiger partial charge >= 0.3 is 0 Å². The third-order valence-electron chi connectivity index (χ3n) is 2.93. The number of halogens is 1. The van der Waals surface area contributed by atoms with E-state index in [1.54, 1.807) is 12.1 Å². The lowest BCUT2D eigenvalue weighted by molar-refractivity contribution is 0.463. The summed E-state index contributed by atoms with van der Waals surface area (Å²) in [5, 5.41) is 10.4. The summed E-state index contributed by atoms with van der Waals surface area (Å²) >= 11 is 5.98. The Morgan fingerprint density at radius 1 is 1.50 bits per heavy atom. The van der Waals surface area contributed by atoms with E-state index in [1.807, 2.05) is 6.92 Å². The fraction of sp³-hybridized carbons (Fsp3) is 0.455. The van der Waals surface area contributed by atoms with Crippen molar-refractivity contribution in [3.8, 4) is 5.75 Å². The van der Waals surface area contributed by atoms with Gasteiger partial charge in [-0.05, 0) is 43.9 Å². The molecule has 1 fully saturated rings. The lowest BCUT2D eigenvalue weighted by atomic mass is 9.99. The smallest absolute Gasteiger partial charge is 0.119 e. The highest BCUT2D eigenvalue weighted by molar-refractivity contribution is 6.31. The number of aromatic hydroxyl groups is 1. The van der Waals surface area contributed by atoms with Crippen molar-refractivity contribution in [2.24, 2.45) is 5.73 Å². The molecular formula is C11H14ClNO. The summed E-state index contributed by atoms with van der Waals surface area (Å²) in [7, 11) is 0. The highest BCUT2D eigenvalue weighted by Gasteiger charge is 2.39. The van der Waals surface area contributed by atoms with Crippen LogP contribution in [-0.4, -0.2) is 10.6 Å². The zero-order chi connectivity index (χ0) is 10.3. The van der Waals surface area contributed by atoms with Crippen molar-refractivity contribution in [1.29, 1.82) is 0 Å². The van der Waals surface area contributed by atoms with Crippen LogP contribution in [-0.2, 0) is 6.42 Å². The molecule has 1 saturated carbocycles. The van der Waals surface area contributed by atoms with Gasteiger partial charge in [-0.25, -0.2) is 0 Å². The van der Waals surface area contributed by atoms with Gasteiger partial charge in [-0.1, -0.05) is 11.6 Å². The zero-order valence-corrected chi connectivity index (χ0v) is 8.93. The average molecular weight is 212 g/mol. The van der Waals surface area contributed by atoms with E-state index in [2.05, 4.69) is 0 Å². The molecule has 0 spiro atoms. The van der Waals surface area contributed by atoms with Crippen molar-refractivity contribution in [1.82, 2.24) is 0 Å². The molecule has 1 aliphatic rings. The van der Waals surface area contributed by atoms with E-state index in [1.165, 1.54) is 0 Å². The van der Waals surface area contributed by atoms with Gasteiger partial charge in [-0.2, -0.15) is 0 Å². The summed E-state index contributed by atoms with van der Waals surface area (Å²) < 4.78 is 0. The Morgan fingerprint density at radius 3 is 2.71 bits per heavy atom. The number of hydrogen-bond acceptors (Lipinski definition) is 2. The quantitative estimate of drug-likeness (QED) is 0.789. The van der Waals surface area contributed by atoms with Crippen molar-refractivity contribution in [3.05, 3.63) is 28.3 Å². The van der Waals surface area contributed by atoms with Crippen molar-refractivity contribution < 1.29 is 5.11 Å². The molecule has 0 aromatic heterocycles. The molecule has 2 rings (SSSR count). The molecule has 3 heteroatoms. The Labute approximate surface area is 88.7 Å². The molecule has 0 radical (unpaired) electrons. The molecule has 1 aliphatic carbocycles. The fourth-order valence-corrected chi connectivity index (χ4v) is 1.80. The summed E-state index contributed by atoms with van der Waals surface area (Å²) in [6.45, 7) is 1.92. The van der Waals surface area contributed by atoms with Gasteiger partial charge in [0.1, 0.15) is 5.75 Å². The molecule has 3 N–H and O–H groups in total. The van der Waals surface area contributed by atoms with Gasteiger partial charge in [-0.3, -0.25) is 0 Å². The standard InChI is InChI=1S/C11H14ClNO/c1-7-8(6-11(13)4-5-11)10(14)3-2-9(7)12/h2-3,14H,4-6,13H2,1H3. The minimum Gasteiger partial charge on any atom is -0.508 e. The van der Waals surface area contributed by atoms with Crippen LogP contribution in [0.3, 0.4) is 0 Å². The first-order valence-corrected chi connectivity index (χ1v) is 5.15. The van der Waals surface area contributed by atoms with Crippen LogP contribution in [0.1, 0.15) is 24.0 Å². The monoisotopic (exact) mass is 211 g/mol. The third-order valence-corrected chi connectivity index (χ3v) is 3.34. The van der Waals surface area contributed by atoms with Gasteiger partial charge in [0.2, 0.25) is 0 Å². The first kappa shape index (κ1) is 9.81. The Hall–Kier alpha value is -0.730. The van der Waals surface area contributed by atoms with Crippen molar-refractivity contribution in [3.63, 3.8) is 0 Å². The van der Waals surface area contributed by atoms with E-state index in [0.29, 0.717) is 10.8 Å². The van der Waals surface area contributed by atoms with E-state index in [0.717, 1.165) is 30.4 Å². The summed E-state index contributed by atoms with van der Waals surface area (Å²) in [6.07, 6.45) is 2.81. The second-order valence-electron chi connectivity index (χ2n) is 4.21. The number of nitrogens with two attached hydrogens (primary N) is 1. The summed E-state index contributed by atoms with van der Waals surface area (Å²) in [5.41, 5.74) is 7.77. The van der Waals surface area contributed by atoms with Gasteiger partial charge in [0, 0.05) is 16.1 Å². The molecule has 14 heavy (non-hydrogen) atoms. The van der Waals surface area contributed by atoms with Crippen LogP contribution in [0.4, 0.5) is 0 Å². The predicted octanol–water partition coefficient (Wildman–Crippen LogP) is 2.39. The zero-order valence-electron chi connectivity index (χ0n) is 8.18. The summed E-state index contributed by atoms with van der Waals surface area (Å²) in [5.74, 6) is 0.309. The molecule has 1 aromatic rings. The normalized spacial score (nSPS) is 18.2. The van der Waals surface area contributed by atoms with Gasteiger partial charge < -0.3 is 10.8 Å². The SMILES string of the molecule is Cc1c(Cl)ccc(O)c1CC1(N)CC1. The highest BCUT2D eigenvalue weighted by Crippen LogP contribution is 2.39. The van der Waals surface area contributed by atoms with Crippen molar-refractivity contribution in [2.45, 2.75) is 31.7 Å². The van der Waals surface area contributed by atoms with Gasteiger partial charge in [0.25, 0.3) is 0 Å². The molecule has 0 unspecified atom stereocenters. The number of phenols is 1. The first-order chi connectivity index (χ1) is 6.52. The second kappa shape index (κ2) is 3.14. The summed E-state index contributed by atoms with van der Waals surface area (Å²) in [4.78, 5) is 0. The van der Waals surface area contributed by atoms with Gasteiger partial charge in [0.05, 0.1) is 0 Å². The van der Waals surface area contributed by atoms with Crippen LogP contribution in [0.15, 0.2) is 12.1 Å². The van der Waals surface area contributed by atoms with Crippen LogP contribution in [0.25, 0.3) is 0 Å². The van der Waals surface area contributed by atoms with Crippen LogP contribution in [0.5, 0.6) is 5.75 Å². The number of benzene rings is 1. The molecule has 0 aliphatic heterocycles. The summed E-state index contributed by atoms with van der Waals surface area (Å²) in [6, 6.07) is 3.35.